The van der Waals surface area contributed by atoms with Gasteiger partial charge in [-0.2, -0.15) is 5.10 Å². The third-order valence-corrected chi connectivity index (χ3v) is 4.36. The predicted molar refractivity (Wildman–Crippen MR) is 96.8 cm³/mol. The van der Waals surface area contributed by atoms with Gasteiger partial charge in [0.05, 0.1) is 36.0 Å². The maximum absolute atomic E-state index is 12.4. The molecule has 26 heavy (non-hydrogen) atoms. The number of para-hydroxylation sites is 1. The summed E-state index contributed by atoms with van der Waals surface area (Å²) < 4.78 is 7.40. The number of fused-ring (bicyclic) bond motifs is 2. The number of rotatable bonds is 1. The standard InChI is InChI=1S/C18H21N5O3/c1-18(2,3)26-17(25)22-7-8-23-14(10-22)12(9-19-23)11-5-4-6-13-15(11)21-16(24)20-13/h4-6,9H,7-8,10H2,1-3H3,(H2,20,21,24). The van der Waals surface area contributed by atoms with Gasteiger partial charge in [-0.15, -0.1) is 0 Å². The van der Waals surface area contributed by atoms with Gasteiger partial charge in [0.15, 0.2) is 0 Å². The first-order chi connectivity index (χ1) is 12.3. The summed E-state index contributed by atoms with van der Waals surface area (Å²) in [6.07, 6.45) is 1.46. The van der Waals surface area contributed by atoms with Gasteiger partial charge in [0, 0.05) is 17.7 Å². The van der Waals surface area contributed by atoms with Crippen LogP contribution in [0.4, 0.5) is 4.79 Å². The van der Waals surface area contributed by atoms with E-state index in [0.717, 1.165) is 27.9 Å². The van der Waals surface area contributed by atoms with E-state index < -0.39 is 5.60 Å². The van der Waals surface area contributed by atoms with Gasteiger partial charge in [-0.1, -0.05) is 12.1 Å². The number of H-pyrrole nitrogens is 2. The van der Waals surface area contributed by atoms with Crippen LogP contribution in [0.5, 0.6) is 0 Å². The van der Waals surface area contributed by atoms with Crippen LogP contribution >= 0.6 is 0 Å². The van der Waals surface area contributed by atoms with Gasteiger partial charge < -0.3 is 19.6 Å². The van der Waals surface area contributed by atoms with Crippen LogP contribution in [0.2, 0.25) is 0 Å². The summed E-state index contributed by atoms with van der Waals surface area (Å²) in [4.78, 5) is 31.4. The van der Waals surface area contributed by atoms with E-state index in [4.69, 9.17) is 4.74 Å². The average molecular weight is 355 g/mol. The van der Waals surface area contributed by atoms with Gasteiger partial charge in [-0.25, -0.2) is 9.59 Å². The van der Waals surface area contributed by atoms with Crippen molar-refractivity contribution in [3.8, 4) is 11.1 Å². The lowest BCUT2D eigenvalue weighted by molar-refractivity contribution is 0.0195. The number of hydrogen-bond acceptors (Lipinski definition) is 4. The first-order valence-corrected chi connectivity index (χ1v) is 8.56. The van der Waals surface area contributed by atoms with Gasteiger partial charge >= 0.3 is 11.8 Å². The van der Waals surface area contributed by atoms with E-state index in [2.05, 4.69) is 15.1 Å². The van der Waals surface area contributed by atoms with Crippen LogP contribution in [0.1, 0.15) is 26.5 Å². The quantitative estimate of drug-likeness (QED) is 0.701. The smallest absolute Gasteiger partial charge is 0.410 e. The van der Waals surface area contributed by atoms with Crippen molar-refractivity contribution in [2.75, 3.05) is 6.54 Å². The zero-order valence-corrected chi connectivity index (χ0v) is 15.0. The van der Waals surface area contributed by atoms with E-state index in [-0.39, 0.29) is 11.8 Å². The topological polar surface area (TPSA) is 96.0 Å². The molecule has 3 aromatic rings. The number of ether oxygens (including phenoxy) is 1. The zero-order valence-electron chi connectivity index (χ0n) is 15.0. The van der Waals surface area contributed by atoms with Crippen LogP contribution in [0.3, 0.4) is 0 Å². The molecule has 0 radical (unpaired) electrons. The second-order valence-corrected chi connectivity index (χ2v) is 7.44. The summed E-state index contributed by atoms with van der Waals surface area (Å²) in [6.45, 7) is 7.13. The largest absolute Gasteiger partial charge is 0.444 e. The molecule has 8 heteroatoms. The van der Waals surface area contributed by atoms with Crippen LogP contribution in [-0.4, -0.2) is 42.9 Å². The Morgan fingerprint density at radius 3 is 2.77 bits per heavy atom. The van der Waals surface area contributed by atoms with Gasteiger partial charge in [-0.3, -0.25) is 4.68 Å². The molecule has 0 aliphatic carbocycles. The van der Waals surface area contributed by atoms with Crippen molar-refractivity contribution in [1.82, 2.24) is 24.6 Å². The lowest BCUT2D eigenvalue weighted by atomic mass is 10.0. The SMILES string of the molecule is CC(C)(C)OC(=O)N1CCn2ncc(-c3cccc4[nH]c(=O)[nH]c34)c2C1. The third-order valence-electron chi connectivity index (χ3n) is 4.36. The minimum atomic E-state index is -0.534. The molecule has 1 aliphatic heterocycles. The number of nitrogens with zero attached hydrogens (tertiary/aromatic N) is 3. The van der Waals surface area contributed by atoms with Gasteiger partial charge in [0.2, 0.25) is 0 Å². The second kappa shape index (κ2) is 5.76. The summed E-state index contributed by atoms with van der Waals surface area (Å²) in [5, 5.41) is 4.45. The second-order valence-electron chi connectivity index (χ2n) is 7.44. The van der Waals surface area contributed by atoms with Crippen molar-refractivity contribution in [3.63, 3.8) is 0 Å². The molecule has 1 aromatic carbocycles. The molecule has 0 spiro atoms. The number of aromatic amines is 2. The van der Waals surface area contributed by atoms with Crippen LogP contribution in [0.25, 0.3) is 22.2 Å². The summed E-state index contributed by atoms with van der Waals surface area (Å²) in [5.74, 6) is 0. The molecule has 3 heterocycles. The summed E-state index contributed by atoms with van der Waals surface area (Å²) in [5.41, 5.74) is 3.41. The highest BCUT2D eigenvalue weighted by molar-refractivity contribution is 5.92. The molecular weight excluding hydrogens is 334 g/mol. The Bertz CT molecular complexity index is 1040. The Kier molecular flexibility index (Phi) is 3.64. The Morgan fingerprint density at radius 2 is 2.00 bits per heavy atom. The normalized spacial score (nSPS) is 14.5. The van der Waals surface area contributed by atoms with Crippen LogP contribution < -0.4 is 5.69 Å². The van der Waals surface area contributed by atoms with Crippen LogP contribution in [0.15, 0.2) is 29.2 Å². The fourth-order valence-corrected chi connectivity index (χ4v) is 3.24. The van der Waals surface area contributed by atoms with E-state index in [1.54, 1.807) is 11.1 Å². The number of imidazole rings is 1. The van der Waals surface area contributed by atoms with Crippen molar-refractivity contribution < 1.29 is 9.53 Å². The maximum Gasteiger partial charge on any atom is 0.410 e. The molecule has 2 N–H and O–H groups in total. The molecule has 0 saturated heterocycles. The van der Waals surface area contributed by atoms with Crippen LogP contribution in [-0.2, 0) is 17.8 Å². The minimum absolute atomic E-state index is 0.246. The summed E-state index contributed by atoms with van der Waals surface area (Å²) in [7, 11) is 0. The number of aromatic nitrogens is 4. The Balaban J connectivity index is 1.71. The minimum Gasteiger partial charge on any atom is -0.444 e. The molecule has 4 rings (SSSR count). The molecule has 0 bridgehead atoms. The highest BCUT2D eigenvalue weighted by atomic mass is 16.6. The number of carbonyl (C=O) groups is 1. The van der Waals surface area contributed by atoms with E-state index in [9.17, 15) is 9.59 Å². The van der Waals surface area contributed by atoms with Crippen molar-refractivity contribution in [1.29, 1.82) is 0 Å². The van der Waals surface area contributed by atoms with Crippen molar-refractivity contribution in [2.45, 2.75) is 39.5 Å². The summed E-state index contributed by atoms with van der Waals surface area (Å²) in [6, 6.07) is 5.68. The molecule has 1 amide bonds. The molecule has 136 valence electrons. The van der Waals surface area contributed by atoms with Gasteiger partial charge in [-0.05, 0) is 26.8 Å². The summed E-state index contributed by atoms with van der Waals surface area (Å²) >= 11 is 0. The van der Waals surface area contributed by atoms with E-state index >= 15 is 0 Å². The Morgan fingerprint density at radius 1 is 1.19 bits per heavy atom. The molecular formula is C18H21N5O3. The van der Waals surface area contributed by atoms with Gasteiger partial charge in [0.25, 0.3) is 0 Å². The number of carbonyl (C=O) groups excluding carboxylic acids is 1. The zero-order chi connectivity index (χ0) is 18.5. The maximum atomic E-state index is 12.4. The first kappa shape index (κ1) is 16.4. The molecule has 0 atom stereocenters. The van der Waals surface area contributed by atoms with Crippen LogP contribution in [0, 0.1) is 0 Å². The molecule has 1 aliphatic rings. The fraction of sp³-hybridized carbons (Fsp3) is 0.389. The lowest BCUT2D eigenvalue weighted by Gasteiger charge is -2.30. The van der Waals surface area contributed by atoms with Crippen molar-refractivity contribution in [2.24, 2.45) is 0 Å². The Hall–Kier alpha value is -3.03. The molecule has 0 saturated carbocycles. The fourth-order valence-electron chi connectivity index (χ4n) is 3.24. The average Bonchev–Trinajstić information content (AvgIpc) is 3.14. The Labute approximate surface area is 149 Å². The predicted octanol–water partition coefficient (Wildman–Crippen LogP) is 2.47. The lowest BCUT2D eigenvalue weighted by Crippen LogP contribution is -2.41. The molecule has 8 nitrogen and oxygen atoms in total. The highest BCUT2D eigenvalue weighted by Crippen LogP contribution is 2.31. The van der Waals surface area contributed by atoms with Gasteiger partial charge in [0.1, 0.15) is 5.60 Å². The molecule has 0 unspecified atom stereocenters. The van der Waals surface area contributed by atoms with E-state index in [1.165, 1.54) is 0 Å². The van der Waals surface area contributed by atoms with Crippen molar-refractivity contribution in [3.05, 3.63) is 40.6 Å². The number of nitrogens with one attached hydrogen (secondary N) is 2. The molecule has 2 aromatic heterocycles. The number of amides is 1. The highest BCUT2D eigenvalue weighted by Gasteiger charge is 2.28. The third kappa shape index (κ3) is 2.87. The van der Waals surface area contributed by atoms with E-state index in [1.807, 2.05) is 43.7 Å². The number of benzene rings is 1. The molecule has 0 fully saturated rings. The monoisotopic (exact) mass is 355 g/mol. The first-order valence-electron chi connectivity index (χ1n) is 8.56. The number of hydrogen-bond donors (Lipinski definition) is 2. The van der Waals surface area contributed by atoms with E-state index in [0.29, 0.717) is 19.6 Å². The van der Waals surface area contributed by atoms with Crippen molar-refractivity contribution >= 4 is 17.1 Å².